The Labute approximate surface area is 165 Å². The third-order valence-corrected chi connectivity index (χ3v) is 4.17. The number of halogens is 1. The third-order valence-electron chi connectivity index (χ3n) is 4.17. The normalized spacial score (nSPS) is 16.8. The van der Waals surface area contributed by atoms with Crippen molar-refractivity contribution in [1.82, 2.24) is 25.4 Å². The molecule has 0 spiro atoms. The topological polar surface area (TPSA) is 80.3 Å². The smallest absolute Gasteiger partial charge is 0.191 e. The molecule has 0 fully saturated rings. The minimum absolute atomic E-state index is 0. The number of aliphatic imine (C=N–C) groups is 1. The molecule has 8 heteroatoms. The van der Waals surface area contributed by atoms with Crippen LogP contribution in [-0.2, 0) is 19.4 Å². The number of guanidine groups is 1. The van der Waals surface area contributed by atoms with E-state index in [0.717, 1.165) is 69.3 Å². The van der Waals surface area contributed by atoms with Crippen molar-refractivity contribution in [3.63, 3.8) is 0 Å². The number of nitrogens with one attached hydrogen (secondary N) is 2. The van der Waals surface area contributed by atoms with Crippen molar-refractivity contribution in [3.8, 4) is 0 Å². The van der Waals surface area contributed by atoms with Gasteiger partial charge in [-0.1, -0.05) is 13.3 Å². The lowest BCUT2D eigenvalue weighted by atomic mass is 10.1. The molecule has 0 saturated carbocycles. The largest absolute Gasteiger partial charge is 0.469 e. The van der Waals surface area contributed by atoms with Crippen molar-refractivity contribution in [3.05, 3.63) is 36.3 Å². The Morgan fingerprint density at radius 2 is 2.40 bits per heavy atom. The number of nitrogens with zero attached hydrogens (tertiary/aromatic N) is 4. The lowest BCUT2D eigenvalue weighted by Crippen LogP contribution is -2.47. The predicted molar refractivity (Wildman–Crippen MR) is 108 cm³/mol. The summed E-state index contributed by atoms with van der Waals surface area (Å²) >= 11 is 0. The average Bonchev–Trinajstić information content (AvgIpc) is 3.25. The molecule has 1 unspecified atom stereocenters. The first-order chi connectivity index (χ1) is 11.8. The Bertz CT molecular complexity index is 639. The first-order valence-electron chi connectivity index (χ1n) is 8.79. The van der Waals surface area contributed by atoms with Gasteiger partial charge in [0.25, 0.3) is 0 Å². The van der Waals surface area contributed by atoms with Gasteiger partial charge in [-0.2, -0.15) is 5.10 Å². The highest BCUT2D eigenvalue weighted by atomic mass is 127. The molecule has 0 aromatic carbocycles. The highest BCUT2D eigenvalue weighted by Crippen LogP contribution is 2.11. The summed E-state index contributed by atoms with van der Waals surface area (Å²) in [6.07, 6.45) is 8.44. The maximum atomic E-state index is 5.38. The summed E-state index contributed by atoms with van der Waals surface area (Å²) in [7, 11) is 0. The van der Waals surface area contributed by atoms with Crippen LogP contribution in [0.25, 0.3) is 0 Å². The van der Waals surface area contributed by atoms with E-state index in [1.165, 1.54) is 0 Å². The van der Waals surface area contributed by atoms with Crippen molar-refractivity contribution < 1.29 is 4.42 Å². The van der Waals surface area contributed by atoms with Crippen LogP contribution in [0.4, 0.5) is 0 Å². The van der Waals surface area contributed by atoms with Gasteiger partial charge in [-0.15, -0.1) is 24.0 Å². The van der Waals surface area contributed by atoms with Gasteiger partial charge >= 0.3 is 0 Å². The maximum Gasteiger partial charge on any atom is 0.191 e. The summed E-state index contributed by atoms with van der Waals surface area (Å²) < 4.78 is 7.36. The summed E-state index contributed by atoms with van der Waals surface area (Å²) in [4.78, 5) is 8.97. The molecule has 1 aliphatic rings. The van der Waals surface area contributed by atoms with E-state index in [9.17, 15) is 0 Å². The van der Waals surface area contributed by atoms with E-state index < -0.39 is 0 Å². The van der Waals surface area contributed by atoms with Crippen LogP contribution in [0.3, 0.4) is 0 Å². The number of hydrogen-bond donors (Lipinski definition) is 2. The molecule has 7 nitrogen and oxygen atoms in total. The second-order valence-electron chi connectivity index (χ2n) is 6.08. The van der Waals surface area contributed by atoms with Crippen molar-refractivity contribution in [2.45, 2.75) is 51.6 Å². The minimum atomic E-state index is 0. The fourth-order valence-electron chi connectivity index (χ4n) is 2.81. The van der Waals surface area contributed by atoms with Crippen molar-refractivity contribution in [2.24, 2.45) is 4.99 Å². The zero-order chi connectivity index (χ0) is 16.6. The Hall–Kier alpha value is -1.58. The van der Waals surface area contributed by atoms with Gasteiger partial charge in [-0.3, -0.25) is 4.99 Å². The number of furan rings is 1. The summed E-state index contributed by atoms with van der Waals surface area (Å²) in [5, 5.41) is 11.2. The van der Waals surface area contributed by atoms with Crippen molar-refractivity contribution in [1.29, 1.82) is 0 Å². The molecule has 3 rings (SSSR count). The van der Waals surface area contributed by atoms with Crippen molar-refractivity contribution in [2.75, 3.05) is 13.1 Å². The summed E-state index contributed by atoms with van der Waals surface area (Å²) in [6.45, 7) is 4.66. The number of fused-ring (bicyclic) bond motifs is 1. The molecule has 1 atom stereocenters. The average molecular weight is 458 g/mol. The van der Waals surface area contributed by atoms with Gasteiger partial charge in [0, 0.05) is 32.0 Å². The fraction of sp³-hybridized carbons (Fsp3) is 0.588. The molecule has 2 aromatic heterocycles. The fourth-order valence-corrected chi connectivity index (χ4v) is 2.81. The first-order valence-corrected chi connectivity index (χ1v) is 8.79. The molecule has 138 valence electrons. The van der Waals surface area contributed by atoms with Gasteiger partial charge in [0.1, 0.15) is 17.9 Å². The molecule has 25 heavy (non-hydrogen) atoms. The highest BCUT2D eigenvalue weighted by molar-refractivity contribution is 14.0. The van der Waals surface area contributed by atoms with Crippen LogP contribution in [0.1, 0.15) is 37.8 Å². The van der Waals surface area contributed by atoms with E-state index in [0.29, 0.717) is 6.04 Å². The molecule has 2 aromatic rings. The number of hydrogen-bond acceptors (Lipinski definition) is 4. The van der Waals surface area contributed by atoms with Gasteiger partial charge in [0.2, 0.25) is 0 Å². The van der Waals surface area contributed by atoms with Gasteiger partial charge in [-0.05, 0) is 25.0 Å². The van der Waals surface area contributed by atoms with Crippen LogP contribution in [-0.4, -0.2) is 39.9 Å². The Morgan fingerprint density at radius 3 is 3.20 bits per heavy atom. The van der Waals surface area contributed by atoms with Gasteiger partial charge in [0.05, 0.1) is 12.8 Å². The monoisotopic (exact) mass is 458 g/mol. The maximum absolute atomic E-state index is 5.38. The molecular weight excluding hydrogens is 431 g/mol. The predicted octanol–water partition coefficient (Wildman–Crippen LogP) is 2.38. The molecule has 3 heterocycles. The zero-order valence-corrected chi connectivity index (χ0v) is 17.0. The molecule has 0 radical (unpaired) electrons. The molecule has 1 aliphatic heterocycles. The van der Waals surface area contributed by atoms with Crippen LogP contribution in [0.15, 0.2) is 34.1 Å². The Balaban J connectivity index is 0.00000225. The molecule has 0 amide bonds. The highest BCUT2D eigenvalue weighted by Gasteiger charge is 2.20. The van der Waals surface area contributed by atoms with Crippen LogP contribution < -0.4 is 10.6 Å². The van der Waals surface area contributed by atoms with Crippen LogP contribution in [0, 0.1) is 0 Å². The summed E-state index contributed by atoms with van der Waals surface area (Å²) in [5.74, 6) is 2.94. The van der Waals surface area contributed by atoms with E-state index in [4.69, 9.17) is 4.42 Å². The zero-order valence-electron chi connectivity index (χ0n) is 14.6. The summed E-state index contributed by atoms with van der Waals surface area (Å²) in [5.41, 5.74) is 0. The number of aromatic nitrogens is 3. The van der Waals surface area contributed by atoms with E-state index in [2.05, 4.69) is 32.6 Å². The van der Waals surface area contributed by atoms with Crippen LogP contribution >= 0.6 is 24.0 Å². The second-order valence-corrected chi connectivity index (χ2v) is 6.08. The lowest BCUT2D eigenvalue weighted by Gasteiger charge is -2.25. The third kappa shape index (κ3) is 6.02. The first kappa shape index (κ1) is 19.7. The molecular formula is C17H27IN6O. The number of unbranched alkanes of at least 4 members (excludes halogenated alkanes) is 1. The second kappa shape index (κ2) is 10.4. The van der Waals surface area contributed by atoms with Gasteiger partial charge in [-0.25, -0.2) is 9.67 Å². The lowest BCUT2D eigenvalue weighted by molar-refractivity contribution is 0.392. The summed E-state index contributed by atoms with van der Waals surface area (Å²) in [6, 6.07) is 4.24. The Kier molecular flexibility index (Phi) is 8.23. The van der Waals surface area contributed by atoms with Crippen LogP contribution in [0.5, 0.6) is 0 Å². The van der Waals surface area contributed by atoms with Gasteiger partial charge in [0.15, 0.2) is 5.96 Å². The SMILES string of the molecule is CCCCN=C(NCCc1ccco1)NC1CCc2ncnn2C1.I. The van der Waals surface area contributed by atoms with Gasteiger partial charge < -0.3 is 15.1 Å². The minimum Gasteiger partial charge on any atom is -0.469 e. The molecule has 0 bridgehead atoms. The molecule has 2 N–H and O–H groups in total. The van der Waals surface area contributed by atoms with E-state index >= 15 is 0 Å². The molecule has 0 aliphatic carbocycles. The standard InChI is InChI=1S/C17H26N6O.HI/c1-2-3-9-18-17(19-10-8-15-5-4-11-24-15)22-14-6-7-16-20-13-21-23(16)12-14;/h4-5,11,13-14H,2-3,6-10,12H2,1H3,(H2,18,19,22);1H. The number of rotatable bonds is 7. The number of aryl methyl sites for hydroxylation is 1. The Morgan fingerprint density at radius 1 is 1.48 bits per heavy atom. The van der Waals surface area contributed by atoms with Crippen LogP contribution in [0.2, 0.25) is 0 Å². The van der Waals surface area contributed by atoms with E-state index in [1.54, 1.807) is 12.6 Å². The van der Waals surface area contributed by atoms with E-state index in [-0.39, 0.29) is 24.0 Å². The van der Waals surface area contributed by atoms with Crippen molar-refractivity contribution >= 4 is 29.9 Å². The quantitative estimate of drug-likeness (QED) is 0.288. The van der Waals surface area contributed by atoms with E-state index in [1.807, 2.05) is 16.8 Å². The molecule has 0 saturated heterocycles.